The first-order valence-electron chi connectivity index (χ1n) is 30.0. The Labute approximate surface area is 456 Å². The van der Waals surface area contributed by atoms with Gasteiger partial charge in [-0.05, 0) is 102 Å². The molecule has 0 heterocycles. The molecule has 3 atom stereocenters. The number of hydrogen-bond acceptors (Lipinski definition) is 7. The van der Waals surface area contributed by atoms with Crippen LogP contribution in [0.15, 0.2) is 97.2 Å². The summed E-state index contributed by atoms with van der Waals surface area (Å²) in [5, 5.41) is 3.01. The fourth-order valence-electron chi connectivity index (χ4n) is 8.17. The molecule has 1 N–H and O–H groups in total. The van der Waals surface area contributed by atoms with Crippen molar-refractivity contribution in [1.29, 1.82) is 0 Å². The van der Waals surface area contributed by atoms with Crippen molar-refractivity contribution >= 4 is 19.7 Å². The van der Waals surface area contributed by atoms with E-state index < -0.39 is 26.6 Å². The number of nitrogens with one attached hydrogen (secondary N) is 1. The lowest BCUT2D eigenvalue weighted by Crippen LogP contribution is -2.47. The van der Waals surface area contributed by atoms with Crippen molar-refractivity contribution in [2.45, 2.75) is 258 Å². The summed E-state index contributed by atoms with van der Waals surface area (Å²) in [5.74, 6) is -0.569. The lowest BCUT2D eigenvalue weighted by Gasteiger charge is -2.30. The van der Waals surface area contributed by atoms with E-state index in [4.69, 9.17) is 13.8 Å². The molecule has 0 spiro atoms. The average Bonchev–Trinajstić information content (AvgIpc) is 3.36. The van der Waals surface area contributed by atoms with Crippen molar-refractivity contribution in [2.75, 3.05) is 40.9 Å². The van der Waals surface area contributed by atoms with Crippen LogP contribution >= 0.6 is 7.82 Å². The highest BCUT2D eigenvalue weighted by Gasteiger charge is 2.27. The van der Waals surface area contributed by atoms with Gasteiger partial charge in [0.15, 0.2) is 0 Å². The zero-order valence-electron chi connectivity index (χ0n) is 48.5. The Morgan fingerprint density at radius 2 is 0.865 bits per heavy atom. The molecule has 0 aromatic carbocycles. The molecular weight excluding hydrogens is 940 g/mol. The van der Waals surface area contributed by atoms with Crippen LogP contribution in [0.1, 0.15) is 245 Å². The van der Waals surface area contributed by atoms with Crippen molar-refractivity contribution < 1.29 is 37.3 Å². The number of unbranched alkanes of at least 4 members (excludes halogenated alkanes) is 23. The number of rotatable bonds is 53. The Morgan fingerprint density at radius 1 is 0.486 bits per heavy atom. The van der Waals surface area contributed by atoms with Gasteiger partial charge in [0, 0.05) is 12.8 Å². The van der Waals surface area contributed by atoms with Gasteiger partial charge in [0.25, 0.3) is 7.82 Å². The molecule has 0 aliphatic carbocycles. The Morgan fingerprint density at radius 3 is 1.30 bits per heavy atom. The van der Waals surface area contributed by atoms with Crippen LogP contribution in [-0.2, 0) is 27.9 Å². The number of esters is 1. The fraction of sp³-hybridized carbons (Fsp3) is 0.719. The molecule has 9 nitrogen and oxygen atoms in total. The summed E-state index contributed by atoms with van der Waals surface area (Å²) in [6, 6.07) is -0.902. The molecule has 0 bridgehead atoms. The second-order valence-electron chi connectivity index (χ2n) is 21.1. The summed E-state index contributed by atoms with van der Waals surface area (Å²) >= 11 is 0. The molecule has 0 saturated carbocycles. The monoisotopic (exact) mass is 1050 g/mol. The second-order valence-corrected chi connectivity index (χ2v) is 22.5. The van der Waals surface area contributed by atoms with Crippen molar-refractivity contribution in [3.8, 4) is 0 Å². The van der Waals surface area contributed by atoms with E-state index in [1.165, 1.54) is 83.5 Å². The average molecular weight is 1050 g/mol. The smallest absolute Gasteiger partial charge is 0.306 e. The van der Waals surface area contributed by atoms with Gasteiger partial charge in [0.05, 0.1) is 33.8 Å². The van der Waals surface area contributed by atoms with E-state index in [-0.39, 0.29) is 24.9 Å². The van der Waals surface area contributed by atoms with Crippen LogP contribution in [0.5, 0.6) is 0 Å². The molecule has 3 unspecified atom stereocenters. The zero-order valence-corrected chi connectivity index (χ0v) is 49.4. The minimum Gasteiger partial charge on any atom is -0.756 e. The lowest BCUT2D eigenvalue weighted by molar-refractivity contribution is -0.870. The summed E-state index contributed by atoms with van der Waals surface area (Å²) < 4.78 is 30.2. The number of ether oxygens (including phenoxy) is 1. The first kappa shape index (κ1) is 70.9. The maximum absolute atomic E-state index is 13.5. The molecule has 0 radical (unpaired) electrons. The summed E-state index contributed by atoms with van der Waals surface area (Å²) in [5.41, 5.74) is 0. The van der Waals surface area contributed by atoms with Crippen LogP contribution in [0.2, 0.25) is 0 Å². The van der Waals surface area contributed by atoms with E-state index in [0.717, 1.165) is 128 Å². The Hall–Kier alpha value is -3.07. The molecule has 0 aromatic rings. The van der Waals surface area contributed by atoms with Crippen molar-refractivity contribution in [3.05, 3.63) is 97.2 Å². The van der Waals surface area contributed by atoms with E-state index in [1.54, 1.807) is 0 Å². The number of quaternary nitrogens is 1. The number of amides is 1. The number of nitrogens with zero attached hydrogens (tertiary/aromatic N) is 1. The lowest BCUT2D eigenvalue weighted by atomic mass is 10.1. The third-order valence-electron chi connectivity index (χ3n) is 12.8. The first-order valence-corrected chi connectivity index (χ1v) is 31.5. The van der Waals surface area contributed by atoms with Crippen LogP contribution in [0.25, 0.3) is 0 Å². The Kier molecular flexibility index (Phi) is 51.1. The molecular formula is C64H113N2O7P. The fourth-order valence-corrected chi connectivity index (χ4v) is 8.90. The number of hydrogen-bond donors (Lipinski definition) is 1. The van der Waals surface area contributed by atoms with Gasteiger partial charge in [-0.2, -0.15) is 0 Å². The first-order chi connectivity index (χ1) is 35.9. The minimum atomic E-state index is -4.71. The number of phosphoric acid groups is 1. The summed E-state index contributed by atoms with van der Waals surface area (Å²) in [7, 11) is 1.16. The van der Waals surface area contributed by atoms with E-state index >= 15 is 0 Å². The number of likely N-dealkylation sites (N-methyl/N-ethyl adjacent to an activating group) is 1. The van der Waals surface area contributed by atoms with Crippen LogP contribution in [0.4, 0.5) is 0 Å². The summed E-state index contributed by atoms with van der Waals surface area (Å²) in [6.07, 6.45) is 70.9. The zero-order chi connectivity index (χ0) is 54.3. The molecule has 74 heavy (non-hydrogen) atoms. The molecule has 0 aliphatic heterocycles. The van der Waals surface area contributed by atoms with Crippen molar-refractivity contribution in [3.63, 3.8) is 0 Å². The maximum Gasteiger partial charge on any atom is 0.306 e. The van der Waals surface area contributed by atoms with E-state index in [2.05, 4.69) is 111 Å². The van der Waals surface area contributed by atoms with Crippen LogP contribution < -0.4 is 10.2 Å². The van der Waals surface area contributed by atoms with Gasteiger partial charge in [-0.1, -0.05) is 227 Å². The largest absolute Gasteiger partial charge is 0.756 e. The van der Waals surface area contributed by atoms with E-state index in [1.807, 2.05) is 33.3 Å². The number of carbonyl (C=O) groups excluding carboxylic acids is 2. The van der Waals surface area contributed by atoms with Gasteiger partial charge in [0.1, 0.15) is 19.3 Å². The molecule has 0 aromatic heterocycles. The van der Waals surface area contributed by atoms with E-state index in [0.29, 0.717) is 17.4 Å². The second kappa shape index (κ2) is 53.3. The predicted octanol–water partition coefficient (Wildman–Crippen LogP) is 17.8. The SMILES string of the molecule is CC/C=C\C/C=C\C/C=C\C/C=C\C/C=C\CCCCCCCCCC(=O)NC(COP(=O)([O-])OCC[N+](C)(C)C)C(/C=C\CCCCCCCCCCC)OC(=O)CCCCCCCCC/C=C/C/C=C/CC. The van der Waals surface area contributed by atoms with Gasteiger partial charge in [0.2, 0.25) is 5.91 Å². The standard InChI is InChI=1S/C64H113N2O7P/c1-7-10-13-16-19-22-25-27-29-30-31-32-33-34-35-36-37-38-41-44-47-50-53-56-63(67)65-61(60-72-74(69,70)71-59-58-66(4,5)6)62(55-52-49-46-43-40-24-21-18-15-12-9-3)73-64(68)57-54-51-48-45-42-39-28-26-23-20-17-14-11-8-2/h10-11,13-14,19-20,22-23,27,29,31-32,34-35,52,55,61-62H,7-9,12,15-18,21,24-26,28,30,33,36-51,53-54,56-60H2,1-6H3,(H-,65,67,69,70)/b13-10-,14-11+,22-19-,23-20+,29-27-,32-31-,35-34-,55-52-. The van der Waals surface area contributed by atoms with Crippen LogP contribution in [-0.4, -0.2) is 69.4 Å². The molecule has 1 amide bonds. The topological polar surface area (TPSA) is 114 Å². The Balaban J connectivity index is 5.23. The number of carbonyl (C=O) groups is 2. The van der Waals surface area contributed by atoms with Gasteiger partial charge in [-0.25, -0.2) is 0 Å². The minimum absolute atomic E-state index is 0.0306. The predicted molar refractivity (Wildman–Crippen MR) is 316 cm³/mol. The maximum atomic E-state index is 13.5. The van der Waals surface area contributed by atoms with Crippen molar-refractivity contribution in [2.24, 2.45) is 0 Å². The molecule has 0 rings (SSSR count). The molecule has 426 valence electrons. The molecule has 0 fully saturated rings. The number of phosphoric ester groups is 1. The third kappa shape index (κ3) is 53.7. The van der Waals surface area contributed by atoms with Crippen LogP contribution in [0.3, 0.4) is 0 Å². The van der Waals surface area contributed by atoms with E-state index in [9.17, 15) is 19.0 Å². The summed E-state index contributed by atoms with van der Waals surface area (Å²) in [6.45, 7) is 6.59. The van der Waals surface area contributed by atoms with Gasteiger partial charge in [-0.3, -0.25) is 14.2 Å². The van der Waals surface area contributed by atoms with Gasteiger partial charge < -0.3 is 28.5 Å². The normalized spacial score (nSPS) is 14.4. The third-order valence-corrected chi connectivity index (χ3v) is 13.7. The van der Waals surface area contributed by atoms with Gasteiger partial charge in [-0.15, -0.1) is 0 Å². The Bertz CT molecular complexity index is 1590. The van der Waals surface area contributed by atoms with Crippen molar-refractivity contribution in [1.82, 2.24) is 5.32 Å². The quantitative estimate of drug-likeness (QED) is 0.0212. The highest BCUT2D eigenvalue weighted by atomic mass is 31.2. The molecule has 0 aliphatic rings. The highest BCUT2D eigenvalue weighted by molar-refractivity contribution is 7.45. The van der Waals surface area contributed by atoms with Gasteiger partial charge >= 0.3 is 5.97 Å². The summed E-state index contributed by atoms with van der Waals surface area (Å²) in [4.78, 5) is 39.9. The highest BCUT2D eigenvalue weighted by Crippen LogP contribution is 2.38. The molecule has 0 saturated heterocycles. The molecule has 10 heteroatoms. The number of allylic oxidation sites excluding steroid dienone is 15. The van der Waals surface area contributed by atoms with Crippen LogP contribution in [0, 0.1) is 0 Å².